The van der Waals surface area contributed by atoms with Crippen molar-refractivity contribution in [1.82, 2.24) is 0 Å². The zero-order valence-electron chi connectivity index (χ0n) is 9.19. The zero-order valence-corrected chi connectivity index (χ0v) is 10.7. The highest BCUT2D eigenvalue weighted by atomic mass is 35.5. The Morgan fingerprint density at radius 1 is 1.53 bits per heavy atom. The molecule has 0 fully saturated rings. The molecule has 3 N–H and O–H groups in total. The van der Waals surface area contributed by atoms with Gasteiger partial charge in [-0.3, -0.25) is 0 Å². The standard InChI is InChI=1S/C11H13Cl2NO3/c1-2-8(17-11(14)16)10(15)6-4-3-5-7(12)9(6)13/h3-5,8,10,15H,2H2,1H3,(H2,14,16)/t8-,10-/m1/s1. The summed E-state index contributed by atoms with van der Waals surface area (Å²) in [6.45, 7) is 1.76. The Labute approximate surface area is 109 Å². The summed E-state index contributed by atoms with van der Waals surface area (Å²) >= 11 is 11.8. The minimum absolute atomic E-state index is 0.244. The topological polar surface area (TPSA) is 72.5 Å². The van der Waals surface area contributed by atoms with Crippen molar-refractivity contribution in [3.63, 3.8) is 0 Å². The van der Waals surface area contributed by atoms with Gasteiger partial charge in [0.25, 0.3) is 0 Å². The monoisotopic (exact) mass is 277 g/mol. The second kappa shape index (κ2) is 6.10. The lowest BCUT2D eigenvalue weighted by molar-refractivity contribution is 0.00342. The van der Waals surface area contributed by atoms with E-state index < -0.39 is 18.3 Å². The first-order chi connectivity index (χ1) is 7.97. The predicted octanol–water partition coefficient (Wildman–Crippen LogP) is 2.90. The van der Waals surface area contributed by atoms with Crippen LogP contribution in [0.5, 0.6) is 0 Å². The molecule has 0 heterocycles. The molecule has 0 bridgehead atoms. The van der Waals surface area contributed by atoms with Gasteiger partial charge in [0.1, 0.15) is 12.2 Å². The van der Waals surface area contributed by atoms with Gasteiger partial charge in [-0.05, 0) is 12.5 Å². The summed E-state index contributed by atoms with van der Waals surface area (Å²) in [4.78, 5) is 10.7. The molecule has 0 aliphatic carbocycles. The smallest absolute Gasteiger partial charge is 0.404 e. The molecule has 4 nitrogen and oxygen atoms in total. The molecular weight excluding hydrogens is 265 g/mol. The minimum Gasteiger partial charge on any atom is -0.443 e. The van der Waals surface area contributed by atoms with Gasteiger partial charge in [-0.15, -0.1) is 0 Å². The largest absolute Gasteiger partial charge is 0.443 e. The highest BCUT2D eigenvalue weighted by molar-refractivity contribution is 6.42. The van der Waals surface area contributed by atoms with E-state index in [0.29, 0.717) is 17.0 Å². The van der Waals surface area contributed by atoms with Gasteiger partial charge >= 0.3 is 6.09 Å². The van der Waals surface area contributed by atoms with Crippen LogP contribution in [0.3, 0.4) is 0 Å². The Balaban J connectivity index is 2.97. The van der Waals surface area contributed by atoms with Crippen LogP contribution in [-0.4, -0.2) is 17.3 Å². The fourth-order valence-corrected chi connectivity index (χ4v) is 1.89. The SMILES string of the molecule is CC[C@@H](OC(N)=O)[C@H](O)c1cccc(Cl)c1Cl. The highest BCUT2D eigenvalue weighted by Crippen LogP contribution is 2.32. The molecule has 94 valence electrons. The Bertz CT molecular complexity index is 412. The third-order valence-corrected chi connectivity index (χ3v) is 3.16. The minimum atomic E-state index is -1.06. The maximum Gasteiger partial charge on any atom is 0.404 e. The maximum absolute atomic E-state index is 10.7. The molecule has 0 unspecified atom stereocenters. The van der Waals surface area contributed by atoms with Crippen molar-refractivity contribution in [2.24, 2.45) is 5.73 Å². The van der Waals surface area contributed by atoms with Crippen molar-refractivity contribution >= 4 is 29.3 Å². The summed E-state index contributed by atoms with van der Waals surface area (Å²) in [6.07, 6.45) is -2.33. The molecule has 0 radical (unpaired) electrons. The van der Waals surface area contributed by atoms with Gasteiger partial charge in [0, 0.05) is 5.56 Å². The molecule has 0 aliphatic heterocycles. The van der Waals surface area contributed by atoms with Gasteiger partial charge in [-0.1, -0.05) is 42.3 Å². The first-order valence-corrected chi connectivity index (χ1v) is 5.81. The summed E-state index contributed by atoms with van der Waals surface area (Å²) in [5.41, 5.74) is 5.33. The first kappa shape index (κ1) is 14.1. The average Bonchev–Trinajstić information content (AvgIpc) is 2.28. The molecular formula is C11H13Cl2NO3. The second-order valence-corrected chi connectivity index (χ2v) is 4.26. The second-order valence-electron chi connectivity index (χ2n) is 3.47. The van der Waals surface area contributed by atoms with Crippen LogP contribution in [0.4, 0.5) is 4.79 Å². The van der Waals surface area contributed by atoms with Crippen molar-refractivity contribution in [3.8, 4) is 0 Å². The number of carbonyl (C=O) groups is 1. The van der Waals surface area contributed by atoms with E-state index >= 15 is 0 Å². The predicted molar refractivity (Wildman–Crippen MR) is 66.2 cm³/mol. The number of ether oxygens (including phenoxy) is 1. The van der Waals surface area contributed by atoms with Crippen molar-refractivity contribution in [1.29, 1.82) is 0 Å². The Morgan fingerprint density at radius 3 is 2.71 bits per heavy atom. The van der Waals surface area contributed by atoms with E-state index in [-0.39, 0.29) is 5.02 Å². The lowest BCUT2D eigenvalue weighted by Gasteiger charge is -2.22. The molecule has 1 aromatic rings. The van der Waals surface area contributed by atoms with Crippen LogP contribution in [0, 0.1) is 0 Å². The molecule has 0 spiro atoms. The summed E-state index contributed by atoms with van der Waals surface area (Å²) in [5, 5.41) is 10.6. The van der Waals surface area contributed by atoms with E-state index in [1.165, 1.54) is 0 Å². The van der Waals surface area contributed by atoms with Gasteiger partial charge in [-0.2, -0.15) is 0 Å². The van der Waals surface area contributed by atoms with Gasteiger partial charge in [0.05, 0.1) is 10.0 Å². The lowest BCUT2D eigenvalue weighted by atomic mass is 10.0. The third-order valence-electron chi connectivity index (χ3n) is 2.32. The number of aliphatic hydroxyl groups excluding tert-OH is 1. The van der Waals surface area contributed by atoms with Crippen molar-refractivity contribution in [2.45, 2.75) is 25.6 Å². The molecule has 1 rings (SSSR count). The number of carbonyl (C=O) groups excluding carboxylic acids is 1. The molecule has 17 heavy (non-hydrogen) atoms. The molecule has 0 aliphatic rings. The summed E-state index contributed by atoms with van der Waals surface area (Å²) in [5.74, 6) is 0. The van der Waals surface area contributed by atoms with Gasteiger partial charge in [-0.25, -0.2) is 4.79 Å². The van der Waals surface area contributed by atoms with Crippen LogP contribution < -0.4 is 5.73 Å². The van der Waals surface area contributed by atoms with E-state index in [0.717, 1.165) is 0 Å². The molecule has 0 saturated heterocycles. The molecule has 0 saturated carbocycles. The van der Waals surface area contributed by atoms with E-state index in [4.69, 9.17) is 33.7 Å². The number of nitrogens with two attached hydrogens (primary N) is 1. The Hall–Kier alpha value is -0.970. The quantitative estimate of drug-likeness (QED) is 0.889. The Kier molecular flexibility index (Phi) is 5.05. The third kappa shape index (κ3) is 3.49. The zero-order chi connectivity index (χ0) is 13.0. The van der Waals surface area contributed by atoms with E-state index in [2.05, 4.69) is 0 Å². The number of benzene rings is 1. The molecule has 6 heteroatoms. The fraction of sp³-hybridized carbons (Fsp3) is 0.364. The highest BCUT2D eigenvalue weighted by Gasteiger charge is 2.24. The van der Waals surface area contributed by atoms with E-state index in [9.17, 15) is 9.90 Å². The summed E-state index contributed by atoms with van der Waals surface area (Å²) in [7, 11) is 0. The maximum atomic E-state index is 10.7. The van der Waals surface area contributed by atoms with Gasteiger partial charge in [0.15, 0.2) is 0 Å². The first-order valence-electron chi connectivity index (χ1n) is 5.05. The summed E-state index contributed by atoms with van der Waals surface area (Å²) < 4.78 is 4.80. The van der Waals surface area contributed by atoms with Crippen molar-refractivity contribution in [2.75, 3.05) is 0 Å². The normalized spacial score (nSPS) is 14.1. The number of primary amides is 1. The van der Waals surface area contributed by atoms with Crippen molar-refractivity contribution in [3.05, 3.63) is 33.8 Å². The van der Waals surface area contributed by atoms with Crippen LogP contribution >= 0.6 is 23.2 Å². The van der Waals surface area contributed by atoms with Gasteiger partial charge in [0.2, 0.25) is 0 Å². The molecule has 2 atom stereocenters. The average molecular weight is 278 g/mol. The number of halogens is 2. The van der Waals surface area contributed by atoms with Crippen LogP contribution in [-0.2, 0) is 4.74 Å². The van der Waals surface area contributed by atoms with Gasteiger partial charge < -0.3 is 15.6 Å². The number of hydrogen-bond acceptors (Lipinski definition) is 3. The van der Waals surface area contributed by atoms with Crippen LogP contribution in [0.1, 0.15) is 25.0 Å². The van der Waals surface area contributed by atoms with Crippen molar-refractivity contribution < 1.29 is 14.6 Å². The fourth-order valence-electron chi connectivity index (χ4n) is 1.47. The summed E-state index contributed by atoms with van der Waals surface area (Å²) in [6, 6.07) is 4.88. The Morgan fingerprint density at radius 2 is 2.18 bits per heavy atom. The molecule has 0 aromatic heterocycles. The van der Waals surface area contributed by atoms with E-state index in [1.54, 1.807) is 25.1 Å². The number of aliphatic hydroxyl groups is 1. The van der Waals surface area contributed by atoms with E-state index in [1.807, 2.05) is 0 Å². The number of amides is 1. The number of hydrogen-bond donors (Lipinski definition) is 2. The molecule has 1 aromatic carbocycles. The molecule has 1 amide bonds. The van der Waals surface area contributed by atoms with Crippen LogP contribution in [0.2, 0.25) is 10.0 Å². The van der Waals surface area contributed by atoms with Crippen LogP contribution in [0.25, 0.3) is 0 Å². The lowest BCUT2D eigenvalue weighted by Crippen LogP contribution is -2.28. The number of rotatable bonds is 4. The van der Waals surface area contributed by atoms with Crippen LogP contribution in [0.15, 0.2) is 18.2 Å².